The third-order valence-electron chi connectivity index (χ3n) is 4.28. The summed E-state index contributed by atoms with van der Waals surface area (Å²) in [5.74, 6) is -0.871. The molecule has 132 valence electrons. The number of carbonyl (C=O) groups is 2. The number of aliphatic carboxylic acids is 1. The van der Waals surface area contributed by atoms with Gasteiger partial charge < -0.3 is 15.2 Å². The van der Waals surface area contributed by atoms with E-state index in [9.17, 15) is 9.59 Å². The molecule has 25 heavy (non-hydrogen) atoms. The Morgan fingerprint density at radius 2 is 1.68 bits per heavy atom. The predicted octanol–water partition coefficient (Wildman–Crippen LogP) is 3.65. The number of hydrogen-bond donors (Lipinski definition) is 2. The van der Waals surface area contributed by atoms with E-state index in [2.05, 4.69) is 5.32 Å². The number of amides is 1. The molecule has 0 spiro atoms. The van der Waals surface area contributed by atoms with Gasteiger partial charge >= 0.3 is 5.97 Å². The lowest BCUT2D eigenvalue weighted by Crippen LogP contribution is -2.43. The number of methoxy groups -OCH3 is 1. The summed E-state index contributed by atoms with van der Waals surface area (Å²) in [6, 6.07) is 15.2. The predicted molar refractivity (Wildman–Crippen MR) is 96.4 cm³/mol. The normalized spacial score (nSPS) is 12.3. The molecule has 5 nitrogen and oxygen atoms in total. The molecule has 0 aromatic heterocycles. The van der Waals surface area contributed by atoms with Gasteiger partial charge in [-0.15, -0.1) is 0 Å². The molecule has 0 saturated carbocycles. The maximum absolute atomic E-state index is 12.2. The molecule has 1 amide bonds. The van der Waals surface area contributed by atoms with Gasteiger partial charge in [0, 0.05) is 5.56 Å². The molecule has 0 aliphatic heterocycles. The van der Waals surface area contributed by atoms with Crippen LogP contribution in [0.1, 0.15) is 32.4 Å². The summed E-state index contributed by atoms with van der Waals surface area (Å²) in [6.07, 6.45) is 0. The average molecular weight is 341 g/mol. The van der Waals surface area contributed by atoms with Crippen LogP contribution in [0, 0.1) is 5.41 Å². The van der Waals surface area contributed by atoms with Gasteiger partial charge in [0.05, 0.1) is 13.2 Å². The molecule has 0 aliphatic rings. The van der Waals surface area contributed by atoms with Crippen LogP contribution in [0.15, 0.2) is 48.5 Å². The first-order valence-corrected chi connectivity index (χ1v) is 8.05. The lowest BCUT2D eigenvalue weighted by atomic mass is 9.92. The molecule has 1 atom stereocenters. The van der Waals surface area contributed by atoms with E-state index in [4.69, 9.17) is 9.84 Å². The number of hydrogen-bond acceptors (Lipinski definition) is 3. The van der Waals surface area contributed by atoms with Crippen LogP contribution in [0.4, 0.5) is 0 Å². The summed E-state index contributed by atoms with van der Waals surface area (Å²) in [6.45, 7) is 4.61. The number of ether oxygens (including phenoxy) is 1. The number of carbonyl (C=O) groups excluding carboxylic acids is 1. The number of para-hydroxylation sites is 1. The maximum atomic E-state index is 12.2. The highest BCUT2D eigenvalue weighted by Crippen LogP contribution is 2.30. The summed E-state index contributed by atoms with van der Waals surface area (Å²) in [7, 11) is 1.63. The van der Waals surface area contributed by atoms with Gasteiger partial charge in [-0.05, 0) is 38.0 Å². The number of carboxylic acids is 1. The van der Waals surface area contributed by atoms with Crippen molar-refractivity contribution >= 4 is 11.9 Å². The van der Waals surface area contributed by atoms with Crippen molar-refractivity contribution in [2.75, 3.05) is 7.11 Å². The highest BCUT2D eigenvalue weighted by atomic mass is 16.5. The van der Waals surface area contributed by atoms with Crippen molar-refractivity contribution in [3.63, 3.8) is 0 Å². The standard InChI is InChI=1S/C20H23NO4/c1-13(21-18(22)20(2,3)19(23)24)14-9-11-15(12-10-14)16-7-5-6-8-17(16)25-4/h5-13H,1-4H3,(H,21,22)(H,23,24). The van der Waals surface area contributed by atoms with E-state index in [1.165, 1.54) is 13.8 Å². The number of benzene rings is 2. The first kappa shape index (κ1) is 18.5. The summed E-state index contributed by atoms with van der Waals surface area (Å²) < 4.78 is 5.38. The van der Waals surface area contributed by atoms with Gasteiger partial charge in [0.15, 0.2) is 0 Å². The fourth-order valence-electron chi connectivity index (χ4n) is 2.39. The highest BCUT2D eigenvalue weighted by molar-refractivity contribution is 6.01. The molecule has 1 unspecified atom stereocenters. The molecule has 0 bridgehead atoms. The van der Waals surface area contributed by atoms with Crippen LogP contribution in [-0.2, 0) is 9.59 Å². The van der Waals surface area contributed by atoms with E-state index >= 15 is 0 Å². The summed E-state index contributed by atoms with van der Waals surface area (Å²) in [5.41, 5.74) is 1.42. The topological polar surface area (TPSA) is 75.6 Å². The smallest absolute Gasteiger partial charge is 0.318 e. The van der Waals surface area contributed by atoms with Gasteiger partial charge in [-0.1, -0.05) is 42.5 Å². The van der Waals surface area contributed by atoms with E-state index < -0.39 is 17.3 Å². The van der Waals surface area contributed by atoms with Gasteiger partial charge in [0.2, 0.25) is 5.91 Å². The summed E-state index contributed by atoms with van der Waals surface area (Å²) in [4.78, 5) is 23.3. The van der Waals surface area contributed by atoms with E-state index in [1.54, 1.807) is 7.11 Å². The van der Waals surface area contributed by atoms with E-state index in [0.717, 1.165) is 22.4 Å². The van der Waals surface area contributed by atoms with Crippen molar-refractivity contribution in [1.82, 2.24) is 5.32 Å². The van der Waals surface area contributed by atoms with Gasteiger partial charge in [-0.2, -0.15) is 0 Å². The van der Waals surface area contributed by atoms with Crippen molar-refractivity contribution in [3.05, 3.63) is 54.1 Å². The molecule has 0 aliphatic carbocycles. The Morgan fingerprint density at radius 1 is 1.08 bits per heavy atom. The molecule has 0 heterocycles. The van der Waals surface area contributed by atoms with E-state index in [-0.39, 0.29) is 6.04 Å². The third-order valence-corrected chi connectivity index (χ3v) is 4.28. The average Bonchev–Trinajstić information content (AvgIpc) is 2.61. The van der Waals surface area contributed by atoms with E-state index in [1.807, 2.05) is 55.5 Å². The number of carboxylic acid groups (broad SMARTS) is 1. The monoisotopic (exact) mass is 341 g/mol. The second-order valence-electron chi connectivity index (χ2n) is 6.45. The second-order valence-corrected chi connectivity index (χ2v) is 6.45. The van der Waals surface area contributed by atoms with Crippen LogP contribution >= 0.6 is 0 Å². The Morgan fingerprint density at radius 3 is 2.24 bits per heavy atom. The molecule has 5 heteroatoms. The lowest BCUT2D eigenvalue weighted by molar-refractivity contribution is -0.153. The molecule has 2 aromatic carbocycles. The Hall–Kier alpha value is -2.82. The van der Waals surface area contributed by atoms with Crippen molar-refractivity contribution in [2.24, 2.45) is 5.41 Å². The van der Waals surface area contributed by atoms with Crippen LogP contribution in [0.25, 0.3) is 11.1 Å². The number of nitrogens with one attached hydrogen (secondary N) is 1. The molecule has 0 fully saturated rings. The fourth-order valence-corrected chi connectivity index (χ4v) is 2.39. The summed E-state index contributed by atoms with van der Waals surface area (Å²) >= 11 is 0. The Balaban J connectivity index is 2.17. The Labute approximate surface area is 147 Å². The van der Waals surface area contributed by atoms with Crippen LogP contribution in [0.3, 0.4) is 0 Å². The maximum Gasteiger partial charge on any atom is 0.318 e. The first-order valence-electron chi connectivity index (χ1n) is 8.05. The second kappa shape index (κ2) is 7.38. The van der Waals surface area contributed by atoms with Crippen molar-refractivity contribution in [3.8, 4) is 16.9 Å². The van der Waals surface area contributed by atoms with Crippen LogP contribution in [0.5, 0.6) is 5.75 Å². The third kappa shape index (κ3) is 3.99. The van der Waals surface area contributed by atoms with Crippen LogP contribution < -0.4 is 10.1 Å². The summed E-state index contributed by atoms with van der Waals surface area (Å²) in [5, 5.41) is 11.9. The van der Waals surface area contributed by atoms with Crippen LogP contribution in [-0.4, -0.2) is 24.1 Å². The van der Waals surface area contributed by atoms with Gasteiger partial charge in [0.1, 0.15) is 11.2 Å². The van der Waals surface area contributed by atoms with Gasteiger partial charge in [-0.25, -0.2) is 0 Å². The lowest BCUT2D eigenvalue weighted by Gasteiger charge is -2.22. The zero-order chi connectivity index (χ0) is 18.6. The van der Waals surface area contributed by atoms with Crippen molar-refractivity contribution in [1.29, 1.82) is 0 Å². The largest absolute Gasteiger partial charge is 0.496 e. The van der Waals surface area contributed by atoms with Gasteiger partial charge in [-0.3, -0.25) is 9.59 Å². The molecule has 2 aromatic rings. The highest BCUT2D eigenvalue weighted by Gasteiger charge is 2.36. The van der Waals surface area contributed by atoms with Crippen LogP contribution in [0.2, 0.25) is 0 Å². The Bertz CT molecular complexity index is 766. The number of rotatable bonds is 6. The minimum atomic E-state index is -1.47. The molecule has 0 saturated heterocycles. The molecular weight excluding hydrogens is 318 g/mol. The first-order chi connectivity index (χ1) is 11.8. The quantitative estimate of drug-likeness (QED) is 0.787. The zero-order valence-corrected chi connectivity index (χ0v) is 14.9. The van der Waals surface area contributed by atoms with Gasteiger partial charge in [0.25, 0.3) is 0 Å². The zero-order valence-electron chi connectivity index (χ0n) is 14.9. The SMILES string of the molecule is COc1ccccc1-c1ccc(C(C)NC(=O)C(C)(C)C(=O)O)cc1. The molecule has 2 N–H and O–H groups in total. The van der Waals surface area contributed by atoms with Crippen molar-refractivity contribution in [2.45, 2.75) is 26.8 Å². The minimum Gasteiger partial charge on any atom is -0.496 e. The Kier molecular flexibility index (Phi) is 5.47. The molecular formula is C20H23NO4. The van der Waals surface area contributed by atoms with Crippen molar-refractivity contribution < 1.29 is 19.4 Å². The molecule has 0 radical (unpaired) electrons. The molecule has 2 rings (SSSR count). The minimum absolute atomic E-state index is 0.294. The fraction of sp³-hybridized carbons (Fsp3) is 0.300. The van der Waals surface area contributed by atoms with E-state index in [0.29, 0.717) is 0 Å².